The zero-order valence-electron chi connectivity index (χ0n) is 36.2. The van der Waals surface area contributed by atoms with E-state index in [0.29, 0.717) is 12.8 Å². The van der Waals surface area contributed by atoms with Crippen LogP contribution in [0.15, 0.2) is 36.4 Å². The van der Waals surface area contributed by atoms with E-state index >= 15 is 0 Å². The van der Waals surface area contributed by atoms with Gasteiger partial charge in [-0.25, -0.2) is 0 Å². The second-order valence-electron chi connectivity index (χ2n) is 16.1. The molecule has 0 radical (unpaired) electrons. The summed E-state index contributed by atoms with van der Waals surface area (Å²) in [6.07, 6.45) is 32.0. The lowest BCUT2D eigenvalue weighted by Gasteiger charge is -2.20. The van der Waals surface area contributed by atoms with Crippen molar-refractivity contribution in [3.63, 3.8) is 0 Å². The molecule has 0 aliphatic heterocycles. The fourth-order valence-electron chi connectivity index (χ4n) is 7.27. The van der Waals surface area contributed by atoms with E-state index in [0.717, 1.165) is 60.6 Å². The summed E-state index contributed by atoms with van der Waals surface area (Å²) in [6, 6.07) is 11.7. The van der Waals surface area contributed by atoms with Crippen molar-refractivity contribution in [3.05, 3.63) is 42.0 Å². The van der Waals surface area contributed by atoms with E-state index in [1.165, 1.54) is 128 Å². The number of benzene rings is 2. The van der Waals surface area contributed by atoms with E-state index in [9.17, 15) is 14.4 Å². The van der Waals surface area contributed by atoms with Crippen molar-refractivity contribution in [2.45, 2.75) is 213 Å². The molecule has 0 saturated carbocycles. The predicted octanol–water partition coefficient (Wildman–Crippen LogP) is 13.9. The predicted molar refractivity (Wildman–Crippen MR) is 231 cm³/mol. The van der Waals surface area contributed by atoms with Gasteiger partial charge < -0.3 is 18.9 Å². The van der Waals surface area contributed by atoms with Gasteiger partial charge in [0.25, 0.3) is 0 Å². The highest BCUT2D eigenvalue weighted by Gasteiger charge is 2.23. The maximum Gasteiger partial charge on any atom is 0.313 e. The Morgan fingerprint density at radius 3 is 1.39 bits per heavy atom. The molecule has 0 heterocycles. The van der Waals surface area contributed by atoms with Crippen LogP contribution < -0.4 is 4.74 Å². The van der Waals surface area contributed by atoms with Crippen LogP contribution in [0.4, 0.5) is 0 Å². The maximum atomic E-state index is 13.2. The van der Waals surface area contributed by atoms with Gasteiger partial charge in [-0.3, -0.25) is 14.4 Å². The molecule has 0 saturated heterocycles. The minimum Gasteiger partial charge on any atom is -0.497 e. The molecule has 2 aromatic rings. The molecule has 318 valence electrons. The third-order valence-corrected chi connectivity index (χ3v) is 11.0. The highest BCUT2D eigenvalue weighted by Crippen LogP contribution is 2.26. The smallest absolute Gasteiger partial charge is 0.313 e. The molecule has 0 N–H and O–H groups in total. The first-order valence-electron chi connectivity index (χ1n) is 23.0. The Balaban J connectivity index is 1.74. The van der Waals surface area contributed by atoms with Crippen molar-refractivity contribution in [1.29, 1.82) is 0 Å². The fourth-order valence-corrected chi connectivity index (χ4v) is 7.27. The lowest BCUT2D eigenvalue weighted by atomic mass is 9.98. The molecule has 7 nitrogen and oxygen atoms in total. The molecule has 2 atom stereocenters. The Labute approximate surface area is 341 Å². The van der Waals surface area contributed by atoms with Crippen LogP contribution >= 0.6 is 0 Å². The first-order chi connectivity index (χ1) is 27.4. The van der Waals surface area contributed by atoms with E-state index in [1.807, 2.05) is 36.4 Å². The normalized spacial score (nSPS) is 12.4. The summed E-state index contributed by atoms with van der Waals surface area (Å²) in [5.74, 6) is -0.828. The Hall–Kier alpha value is -3.09. The third kappa shape index (κ3) is 23.9. The third-order valence-electron chi connectivity index (χ3n) is 11.0. The summed E-state index contributed by atoms with van der Waals surface area (Å²) in [4.78, 5) is 38.7. The molecular weight excluding hydrogens is 701 g/mol. The van der Waals surface area contributed by atoms with Crippen molar-refractivity contribution >= 4 is 28.7 Å². The molecule has 56 heavy (non-hydrogen) atoms. The molecule has 0 bridgehead atoms. The van der Waals surface area contributed by atoms with Crippen molar-refractivity contribution in [2.75, 3.05) is 20.3 Å². The summed E-state index contributed by atoms with van der Waals surface area (Å²) >= 11 is 0. The summed E-state index contributed by atoms with van der Waals surface area (Å²) in [5, 5.41) is 2.02. The number of carbonyl (C=O) groups excluding carboxylic acids is 3. The van der Waals surface area contributed by atoms with Gasteiger partial charge in [-0.2, -0.15) is 0 Å². The first-order valence-corrected chi connectivity index (χ1v) is 23.0. The molecule has 7 heteroatoms. The number of fused-ring (bicyclic) bond motifs is 1. The van der Waals surface area contributed by atoms with Gasteiger partial charge in [0.1, 0.15) is 19.0 Å². The van der Waals surface area contributed by atoms with Gasteiger partial charge in [-0.1, -0.05) is 192 Å². The van der Waals surface area contributed by atoms with Gasteiger partial charge in [0, 0.05) is 12.8 Å². The molecule has 0 spiro atoms. The van der Waals surface area contributed by atoms with Crippen molar-refractivity contribution in [1.82, 2.24) is 0 Å². The zero-order valence-corrected chi connectivity index (χ0v) is 36.2. The highest BCUT2D eigenvalue weighted by atomic mass is 16.6. The zero-order chi connectivity index (χ0) is 40.5. The van der Waals surface area contributed by atoms with Crippen LogP contribution in [0, 0.1) is 0 Å². The number of esters is 3. The van der Waals surface area contributed by atoms with Crippen molar-refractivity contribution in [3.8, 4) is 5.75 Å². The summed E-state index contributed by atoms with van der Waals surface area (Å²) < 4.78 is 22.3. The Bertz CT molecular complexity index is 1310. The minimum atomic E-state index is -0.847. The summed E-state index contributed by atoms with van der Waals surface area (Å²) in [6.45, 7) is 6.03. The molecule has 2 aromatic carbocycles. The molecule has 2 rings (SSSR count). The quantitative estimate of drug-likeness (QED) is 0.0386. The monoisotopic (exact) mass is 781 g/mol. The van der Waals surface area contributed by atoms with Gasteiger partial charge in [0.15, 0.2) is 6.10 Å². The van der Waals surface area contributed by atoms with E-state index < -0.39 is 18.0 Å². The lowest BCUT2D eigenvalue weighted by molar-refractivity contribution is -0.167. The van der Waals surface area contributed by atoms with Gasteiger partial charge in [0.2, 0.25) is 0 Å². The Morgan fingerprint density at radius 2 is 0.911 bits per heavy atom. The topological polar surface area (TPSA) is 88.1 Å². The van der Waals surface area contributed by atoms with E-state index in [-0.39, 0.29) is 25.2 Å². The summed E-state index contributed by atoms with van der Waals surface area (Å²) in [5.41, 5.74) is 0.827. The number of carbonyl (C=O) groups is 3. The van der Waals surface area contributed by atoms with Crippen molar-refractivity contribution in [2.24, 2.45) is 0 Å². The molecule has 0 amide bonds. The van der Waals surface area contributed by atoms with E-state index in [4.69, 9.17) is 18.9 Å². The number of ether oxygens (including phenoxy) is 4. The average Bonchev–Trinajstić information content (AvgIpc) is 3.21. The van der Waals surface area contributed by atoms with Crippen molar-refractivity contribution < 1.29 is 33.3 Å². The number of methoxy groups -OCH3 is 1. The Kier molecular flexibility index (Phi) is 28.9. The maximum absolute atomic E-state index is 13.2. The van der Waals surface area contributed by atoms with E-state index in [2.05, 4.69) is 13.8 Å². The minimum absolute atomic E-state index is 0.124. The van der Waals surface area contributed by atoms with Crippen LogP contribution in [-0.2, 0) is 28.6 Å². The number of unbranched alkanes of at least 4 members (excludes halogenated alkanes) is 24. The lowest BCUT2D eigenvalue weighted by Crippen LogP contribution is -2.31. The average molecular weight is 781 g/mol. The van der Waals surface area contributed by atoms with Crippen LogP contribution in [0.5, 0.6) is 5.75 Å². The van der Waals surface area contributed by atoms with Crippen LogP contribution in [0.1, 0.15) is 212 Å². The second kappa shape index (κ2) is 32.9. The Morgan fingerprint density at radius 1 is 0.500 bits per heavy atom. The molecule has 0 aliphatic carbocycles. The molecule has 0 aliphatic rings. The van der Waals surface area contributed by atoms with Gasteiger partial charge >= 0.3 is 17.9 Å². The largest absolute Gasteiger partial charge is 0.497 e. The fraction of sp³-hybridized carbons (Fsp3) is 0.735. The van der Waals surface area contributed by atoms with Gasteiger partial charge in [-0.15, -0.1) is 0 Å². The van der Waals surface area contributed by atoms with Gasteiger partial charge in [-0.05, 0) is 48.2 Å². The molecule has 2 unspecified atom stereocenters. The van der Waals surface area contributed by atoms with Crippen LogP contribution in [0.2, 0.25) is 0 Å². The number of hydrogen-bond donors (Lipinski definition) is 0. The molecule has 0 aromatic heterocycles. The van der Waals surface area contributed by atoms with E-state index in [1.54, 1.807) is 14.0 Å². The molecule has 0 fully saturated rings. The van der Waals surface area contributed by atoms with Crippen LogP contribution in [-0.4, -0.2) is 44.3 Å². The van der Waals surface area contributed by atoms with Crippen LogP contribution in [0.3, 0.4) is 0 Å². The number of rotatable bonds is 36. The van der Waals surface area contributed by atoms with Gasteiger partial charge in [0.05, 0.1) is 13.0 Å². The summed E-state index contributed by atoms with van der Waals surface area (Å²) in [7, 11) is 1.64. The first kappa shape index (κ1) is 49.1. The number of hydrogen-bond acceptors (Lipinski definition) is 7. The standard InChI is InChI=1S/C49H80O7/c1-5-7-9-11-13-15-17-19-21-23-25-27-29-31-47(50)54-39-46(56-48(51)32-30-28-26-24-22-20-18-16-14-12-10-8-6-2)40-55-49(52)41(3)42-33-34-44-38-45(53-4)36-35-43(44)37-42/h33-38,41,46H,5-32,39-40H2,1-4H3. The second-order valence-corrected chi connectivity index (χ2v) is 16.1. The molecular formula is C49H80O7. The SMILES string of the molecule is CCCCCCCCCCCCCCCC(=O)OCC(COC(=O)C(C)c1ccc2cc(OC)ccc2c1)OC(=O)CCCCCCCCCCCCCCC. The highest BCUT2D eigenvalue weighted by molar-refractivity contribution is 5.86. The van der Waals surface area contributed by atoms with Crippen LogP contribution in [0.25, 0.3) is 10.8 Å².